The molecule has 0 spiro atoms. The van der Waals surface area contributed by atoms with Gasteiger partial charge in [-0.25, -0.2) is 4.79 Å². The molecule has 0 aliphatic carbocycles. The molecule has 1 heterocycles. The highest BCUT2D eigenvalue weighted by molar-refractivity contribution is 6.06. The van der Waals surface area contributed by atoms with Gasteiger partial charge in [0.05, 0.1) is 18.4 Å². The fourth-order valence-corrected chi connectivity index (χ4v) is 3.47. The van der Waals surface area contributed by atoms with E-state index in [9.17, 15) is 27.6 Å². The van der Waals surface area contributed by atoms with Crippen molar-refractivity contribution in [3.63, 3.8) is 0 Å². The van der Waals surface area contributed by atoms with Crippen molar-refractivity contribution in [3.05, 3.63) is 39.5 Å². The van der Waals surface area contributed by atoms with E-state index in [1.165, 1.54) is 7.11 Å². The van der Waals surface area contributed by atoms with Crippen LogP contribution < -0.4 is 5.32 Å². The Morgan fingerprint density at radius 1 is 1.23 bits per heavy atom. The van der Waals surface area contributed by atoms with Gasteiger partial charge in [0, 0.05) is 12.0 Å². The molecule has 2 rings (SSSR count). The Labute approximate surface area is 172 Å². The van der Waals surface area contributed by atoms with Gasteiger partial charge in [-0.05, 0) is 49.8 Å². The Hall–Kier alpha value is -2.84. The second-order valence-corrected chi connectivity index (χ2v) is 7.02. The van der Waals surface area contributed by atoms with Gasteiger partial charge in [-0.3, -0.25) is 9.59 Å². The van der Waals surface area contributed by atoms with Crippen LogP contribution in [0.3, 0.4) is 0 Å². The van der Waals surface area contributed by atoms with Crippen LogP contribution in [0.15, 0.2) is 11.6 Å². The van der Waals surface area contributed by atoms with E-state index in [2.05, 4.69) is 4.74 Å². The summed E-state index contributed by atoms with van der Waals surface area (Å²) < 4.78 is 48.4. The van der Waals surface area contributed by atoms with Crippen LogP contribution in [0.4, 0.5) is 18.9 Å². The van der Waals surface area contributed by atoms with E-state index in [1.54, 1.807) is 19.9 Å². The Morgan fingerprint density at radius 3 is 2.47 bits per heavy atom. The number of fused-ring (bicyclic) bond motifs is 1. The van der Waals surface area contributed by atoms with Gasteiger partial charge in [0.25, 0.3) is 0 Å². The van der Waals surface area contributed by atoms with E-state index in [4.69, 9.17) is 4.74 Å². The summed E-state index contributed by atoms with van der Waals surface area (Å²) in [4.78, 5) is 35.2. The van der Waals surface area contributed by atoms with Gasteiger partial charge < -0.3 is 14.8 Å². The summed E-state index contributed by atoms with van der Waals surface area (Å²) in [6.07, 6.45) is -2.06. The quantitative estimate of drug-likeness (QED) is 0.522. The van der Waals surface area contributed by atoms with Crippen LogP contribution in [-0.2, 0) is 38.5 Å². The van der Waals surface area contributed by atoms with E-state index in [1.807, 2.05) is 12.2 Å². The minimum atomic E-state index is -5.10. The number of carbonyl (C=O) groups is 3. The molecule has 0 saturated heterocycles. The van der Waals surface area contributed by atoms with E-state index in [0.717, 1.165) is 16.7 Å². The molecule has 30 heavy (non-hydrogen) atoms. The van der Waals surface area contributed by atoms with Crippen LogP contribution in [-0.4, -0.2) is 31.1 Å². The first-order valence-corrected chi connectivity index (χ1v) is 9.46. The second kappa shape index (κ2) is 9.32. The molecule has 0 atom stereocenters. The Bertz CT molecular complexity index is 903. The number of nitrogens with one attached hydrogen (secondary N) is 1. The lowest BCUT2D eigenvalue weighted by atomic mass is 9.88. The van der Waals surface area contributed by atoms with E-state index in [0.29, 0.717) is 24.0 Å². The number of rotatable bonds is 7. The second-order valence-electron chi connectivity index (χ2n) is 7.02. The smallest absolute Gasteiger partial charge is 0.469 e. The van der Waals surface area contributed by atoms with Crippen molar-refractivity contribution in [2.75, 3.05) is 12.4 Å². The molecular weight excluding hydrogens is 403 g/mol. The summed E-state index contributed by atoms with van der Waals surface area (Å²) in [6.45, 7) is 5.37. The lowest BCUT2D eigenvalue weighted by Gasteiger charge is -2.20. The average Bonchev–Trinajstić information content (AvgIpc) is 3.07. The Balaban J connectivity index is 2.52. The highest BCUT2D eigenvalue weighted by Gasteiger charge is 2.41. The van der Waals surface area contributed by atoms with Crippen molar-refractivity contribution in [3.8, 4) is 0 Å². The molecule has 9 heteroatoms. The van der Waals surface area contributed by atoms with Crippen LogP contribution in [0, 0.1) is 6.92 Å². The molecule has 1 amide bonds. The molecule has 0 fully saturated rings. The van der Waals surface area contributed by atoms with Gasteiger partial charge in [-0.1, -0.05) is 18.6 Å². The Kier molecular flexibility index (Phi) is 7.28. The molecule has 0 radical (unpaired) electrons. The number of allylic oxidation sites excluding steroid dienone is 2. The molecule has 0 saturated carbocycles. The minimum absolute atomic E-state index is 0.0297. The normalized spacial score (nSPS) is 13.7. The maximum Gasteiger partial charge on any atom is 0.471 e. The Morgan fingerprint density at radius 2 is 1.90 bits per heavy atom. The van der Waals surface area contributed by atoms with Crippen LogP contribution in [0.5, 0.6) is 0 Å². The largest absolute Gasteiger partial charge is 0.471 e. The van der Waals surface area contributed by atoms with Gasteiger partial charge in [0.1, 0.15) is 6.61 Å². The summed E-state index contributed by atoms with van der Waals surface area (Å²) in [6, 6.07) is 0. The molecule has 1 aliphatic rings. The molecule has 0 bridgehead atoms. The van der Waals surface area contributed by atoms with Crippen molar-refractivity contribution in [1.29, 1.82) is 0 Å². The van der Waals surface area contributed by atoms with Crippen molar-refractivity contribution in [1.82, 2.24) is 0 Å². The third-order valence-corrected chi connectivity index (χ3v) is 5.13. The van der Waals surface area contributed by atoms with Gasteiger partial charge in [-0.2, -0.15) is 13.2 Å². The number of hydrogen-bond acceptors (Lipinski definition) is 5. The lowest BCUT2D eigenvalue weighted by Crippen LogP contribution is -2.31. The highest BCUT2D eigenvalue weighted by Crippen LogP contribution is 2.38. The van der Waals surface area contributed by atoms with Crippen LogP contribution in [0.2, 0.25) is 0 Å². The first-order chi connectivity index (χ1) is 14.0. The SMILES string of the molecule is CCc1c(C)c2c(c(NC(=O)C(F)(F)F)c1CC=C(C)CCC(=O)OC)C(=O)OC2. The standard InChI is InChI=1S/C21H24F3NO5/c1-5-13-12(3)15-10-30-19(27)17(15)18(25-20(28)21(22,23)24)14(13)8-6-11(2)7-9-16(26)29-4/h6H,5,7-10H2,1-4H3,(H,25,28). The first kappa shape index (κ1) is 23.4. The topological polar surface area (TPSA) is 81.7 Å². The van der Waals surface area contributed by atoms with Gasteiger partial charge in [0.15, 0.2) is 0 Å². The number of anilines is 1. The molecule has 6 nitrogen and oxygen atoms in total. The van der Waals surface area contributed by atoms with Crippen LogP contribution >= 0.6 is 0 Å². The fourth-order valence-electron chi connectivity index (χ4n) is 3.47. The number of benzene rings is 1. The summed E-state index contributed by atoms with van der Waals surface area (Å²) in [5.41, 5.74) is 3.08. The maximum absolute atomic E-state index is 12.9. The van der Waals surface area contributed by atoms with Gasteiger partial charge in [0.2, 0.25) is 0 Å². The van der Waals surface area contributed by atoms with Crippen molar-refractivity contribution in [2.24, 2.45) is 0 Å². The van der Waals surface area contributed by atoms with Crippen molar-refractivity contribution in [2.45, 2.75) is 59.2 Å². The summed E-state index contributed by atoms with van der Waals surface area (Å²) in [5.74, 6) is -3.28. The number of alkyl halides is 3. The predicted octanol–water partition coefficient (Wildman–Crippen LogP) is 4.17. The monoisotopic (exact) mass is 427 g/mol. The van der Waals surface area contributed by atoms with Crippen molar-refractivity contribution >= 4 is 23.5 Å². The molecule has 1 N–H and O–H groups in total. The van der Waals surface area contributed by atoms with E-state index >= 15 is 0 Å². The molecule has 1 aliphatic heterocycles. The summed E-state index contributed by atoms with van der Waals surface area (Å²) in [5, 5.41) is 1.90. The van der Waals surface area contributed by atoms with Crippen LogP contribution in [0.1, 0.15) is 59.3 Å². The number of ether oxygens (including phenoxy) is 2. The molecule has 1 aromatic carbocycles. The fraction of sp³-hybridized carbons (Fsp3) is 0.476. The summed E-state index contributed by atoms with van der Waals surface area (Å²) in [7, 11) is 1.29. The average molecular weight is 427 g/mol. The third-order valence-electron chi connectivity index (χ3n) is 5.13. The van der Waals surface area contributed by atoms with Gasteiger partial charge in [-0.15, -0.1) is 0 Å². The number of carbonyl (C=O) groups excluding carboxylic acids is 3. The third kappa shape index (κ3) is 5.01. The lowest BCUT2D eigenvalue weighted by molar-refractivity contribution is -0.167. The zero-order valence-electron chi connectivity index (χ0n) is 17.3. The van der Waals surface area contributed by atoms with E-state index in [-0.39, 0.29) is 36.7 Å². The zero-order chi connectivity index (χ0) is 22.6. The minimum Gasteiger partial charge on any atom is -0.469 e. The van der Waals surface area contributed by atoms with E-state index < -0.39 is 18.1 Å². The number of cyclic esters (lactones) is 1. The van der Waals surface area contributed by atoms with Crippen LogP contribution in [0.25, 0.3) is 0 Å². The molecular formula is C21H24F3NO5. The molecule has 164 valence electrons. The molecule has 1 aromatic rings. The number of esters is 2. The highest BCUT2D eigenvalue weighted by atomic mass is 19.4. The van der Waals surface area contributed by atoms with Gasteiger partial charge >= 0.3 is 24.0 Å². The molecule has 0 aromatic heterocycles. The predicted molar refractivity (Wildman–Crippen MR) is 103 cm³/mol. The van der Waals surface area contributed by atoms with Crippen molar-refractivity contribution < 1.29 is 37.0 Å². The number of amides is 1. The summed E-state index contributed by atoms with van der Waals surface area (Å²) >= 11 is 0. The first-order valence-electron chi connectivity index (χ1n) is 9.46. The molecule has 0 unspecified atom stereocenters. The zero-order valence-corrected chi connectivity index (χ0v) is 17.3. The number of methoxy groups -OCH3 is 1. The number of halogens is 3. The maximum atomic E-state index is 12.9. The number of hydrogen-bond donors (Lipinski definition) is 1.